The standard InChI is InChI=1S/C10H10ClN3/c1-2-7-3-5-8(6-4-7)9-12-10(11)14-13-9/h3-6H,2H2,1H3,(H,12,13,14). The average molecular weight is 208 g/mol. The number of nitrogens with one attached hydrogen (secondary N) is 1. The van der Waals surface area contributed by atoms with Gasteiger partial charge in [0.25, 0.3) is 0 Å². The fourth-order valence-corrected chi connectivity index (χ4v) is 1.38. The Balaban J connectivity index is 2.33. The van der Waals surface area contributed by atoms with E-state index in [-0.39, 0.29) is 0 Å². The highest BCUT2D eigenvalue weighted by Crippen LogP contribution is 2.16. The first-order valence-corrected chi connectivity index (χ1v) is 4.84. The van der Waals surface area contributed by atoms with Gasteiger partial charge in [-0.2, -0.15) is 10.1 Å². The topological polar surface area (TPSA) is 41.6 Å². The van der Waals surface area contributed by atoms with Gasteiger partial charge in [0, 0.05) is 5.56 Å². The molecular formula is C10H10ClN3. The maximum absolute atomic E-state index is 5.64. The van der Waals surface area contributed by atoms with Gasteiger partial charge in [0.05, 0.1) is 0 Å². The number of aryl methyl sites for hydroxylation is 1. The lowest BCUT2D eigenvalue weighted by Gasteiger charge is -1.97. The fraction of sp³-hybridized carbons (Fsp3) is 0.200. The highest BCUT2D eigenvalue weighted by Gasteiger charge is 2.03. The molecule has 2 rings (SSSR count). The molecule has 0 amide bonds. The Morgan fingerprint density at radius 3 is 2.50 bits per heavy atom. The minimum absolute atomic E-state index is 0.319. The number of hydrogen-bond donors (Lipinski definition) is 1. The number of nitrogens with zero attached hydrogens (tertiary/aromatic N) is 2. The van der Waals surface area contributed by atoms with Gasteiger partial charge < -0.3 is 0 Å². The number of hydrogen-bond acceptors (Lipinski definition) is 2. The molecule has 0 bridgehead atoms. The predicted molar refractivity (Wildman–Crippen MR) is 56.2 cm³/mol. The quantitative estimate of drug-likeness (QED) is 0.823. The summed E-state index contributed by atoms with van der Waals surface area (Å²) in [4.78, 5) is 4.04. The number of aromatic amines is 1. The third-order valence-electron chi connectivity index (χ3n) is 2.08. The van der Waals surface area contributed by atoms with Gasteiger partial charge in [0.15, 0.2) is 5.82 Å². The Kier molecular flexibility index (Phi) is 2.50. The summed E-state index contributed by atoms with van der Waals surface area (Å²) in [5.74, 6) is 0.637. The summed E-state index contributed by atoms with van der Waals surface area (Å²) in [7, 11) is 0. The number of aromatic nitrogens is 3. The van der Waals surface area contributed by atoms with E-state index < -0.39 is 0 Å². The van der Waals surface area contributed by atoms with E-state index in [1.807, 2.05) is 12.1 Å². The van der Waals surface area contributed by atoms with Crippen LogP contribution in [0.4, 0.5) is 0 Å². The van der Waals surface area contributed by atoms with E-state index in [9.17, 15) is 0 Å². The van der Waals surface area contributed by atoms with Crippen molar-refractivity contribution in [1.82, 2.24) is 15.2 Å². The molecule has 0 radical (unpaired) electrons. The van der Waals surface area contributed by atoms with Gasteiger partial charge in [-0.3, -0.25) is 0 Å². The highest BCUT2D eigenvalue weighted by atomic mass is 35.5. The molecule has 0 unspecified atom stereocenters. The maximum atomic E-state index is 5.64. The van der Waals surface area contributed by atoms with E-state index in [0.29, 0.717) is 11.1 Å². The lowest BCUT2D eigenvalue weighted by molar-refractivity contribution is 1.09. The summed E-state index contributed by atoms with van der Waals surface area (Å²) in [5, 5.41) is 6.89. The van der Waals surface area contributed by atoms with Crippen LogP contribution >= 0.6 is 11.6 Å². The molecule has 4 heteroatoms. The second-order valence-corrected chi connectivity index (χ2v) is 3.36. The van der Waals surface area contributed by atoms with Crippen LogP contribution in [0.5, 0.6) is 0 Å². The summed E-state index contributed by atoms with van der Waals surface area (Å²) in [6, 6.07) is 8.13. The van der Waals surface area contributed by atoms with E-state index in [1.54, 1.807) is 0 Å². The minimum Gasteiger partial charge on any atom is -0.249 e. The Morgan fingerprint density at radius 1 is 1.29 bits per heavy atom. The Bertz CT molecular complexity index is 419. The molecule has 1 aromatic heterocycles. The lowest BCUT2D eigenvalue weighted by Crippen LogP contribution is -1.83. The second-order valence-electron chi connectivity index (χ2n) is 3.00. The van der Waals surface area contributed by atoms with Gasteiger partial charge in [0.1, 0.15) is 0 Å². The van der Waals surface area contributed by atoms with Crippen molar-refractivity contribution in [1.29, 1.82) is 0 Å². The lowest BCUT2D eigenvalue weighted by atomic mass is 10.1. The van der Waals surface area contributed by atoms with Crippen LogP contribution in [0.3, 0.4) is 0 Å². The van der Waals surface area contributed by atoms with E-state index in [2.05, 4.69) is 34.2 Å². The Hall–Kier alpha value is -1.35. The van der Waals surface area contributed by atoms with Crippen LogP contribution in [-0.4, -0.2) is 15.2 Å². The van der Waals surface area contributed by atoms with Gasteiger partial charge in [-0.05, 0) is 23.6 Å². The molecule has 14 heavy (non-hydrogen) atoms. The zero-order valence-corrected chi connectivity index (χ0v) is 8.54. The molecule has 2 aromatic rings. The average Bonchev–Trinajstić information content (AvgIpc) is 2.65. The van der Waals surface area contributed by atoms with E-state index >= 15 is 0 Å². The van der Waals surface area contributed by atoms with Crippen LogP contribution in [0.2, 0.25) is 5.28 Å². The molecule has 0 saturated heterocycles. The normalized spacial score (nSPS) is 10.4. The van der Waals surface area contributed by atoms with Crippen molar-refractivity contribution in [2.45, 2.75) is 13.3 Å². The largest absolute Gasteiger partial charge is 0.249 e. The summed E-state index contributed by atoms with van der Waals surface area (Å²) < 4.78 is 0. The maximum Gasteiger partial charge on any atom is 0.218 e. The molecule has 0 spiro atoms. The first kappa shape index (κ1) is 9.21. The van der Waals surface area contributed by atoms with E-state index in [1.165, 1.54) is 5.56 Å². The molecule has 72 valence electrons. The molecule has 0 aliphatic heterocycles. The molecule has 1 N–H and O–H groups in total. The molecule has 3 nitrogen and oxygen atoms in total. The first-order valence-electron chi connectivity index (χ1n) is 4.47. The van der Waals surface area contributed by atoms with Gasteiger partial charge in [-0.1, -0.05) is 31.2 Å². The van der Waals surface area contributed by atoms with Crippen molar-refractivity contribution >= 4 is 11.6 Å². The van der Waals surface area contributed by atoms with Crippen LogP contribution in [0.1, 0.15) is 12.5 Å². The molecule has 0 aliphatic carbocycles. The Morgan fingerprint density at radius 2 is 2.00 bits per heavy atom. The molecule has 0 atom stereocenters. The smallest absolute Gasteiger partial charge is 0.218 e. The number of H-pyrrole nitrogens is 1. The minimum atomic E-state index is 0.319. The SMILES string of the molecule is CCc1ccc(-c2n[nH]c(Cl)n2)cc1. The fourth-order valence-electron chi connectivity index (χ4n) is 1.26. The van der Waals surface area contributed by atoms with Crippen molar-refractivity contribution in [3.8, 4) is 11.4 Å². The number of halogens is 1. The first-order chi connectivity index (χ1) is 6.79. The van der Waals surface area contributed by atoms with E-state index in [4.69, 9.17) is 11.6 Å². The van der Waals surface area contributed by atoms with Crippen molar-refractivity contribution < 1.29 is 0 Å². The zero-order valence-electron chi connectivity index (χ0n) is 7.79. The van der Waals surface area contributed by atoms with Crippen LogP contribution in [-0.2, 0) is 6.42 Å². The Labute approximate surface area is 87.1 Å². The molecule has 0 fully saturated rings. The predicted octanol–water partition coefficient (Wildman–Crippen LogP) is 2.69. The number of benzene rings is 1. The monoisotopic (exact) mass is 207 g/mol. The van der Waals surface area contributed by atoms with Crippen molar-refractivity contribution in [2.24, 2.45) is 0 Å². The van der Waals surface area contributed by atoms with Crippen LogP contribution < -0.4 is 0 Å². The summed E-state index contributed by atoms with van der Waals surface area (Å²) in [6.07, 6.45) is 1.04. The van der Waals surface area contributed by atoms with Gasteiger partial charge in [-0.25, -0.2) is 5.10 Å². The zero-order chi connectivity index (χ0) is 9.97. The van der Waals surface area contributed by atoms with E-state index in [0.717, 1.165) is 12.0 Å². The van der Waals surface area contributed by atoms with Gasteiger partial charge in [0.2, 0.25) is 5.28 Å². The van der Waals surface area contributed by atoms with Crippen molar-refractivity contribution in [3.05, 3.63) is 35.1 Å². The van der Waals surface area contributed by atoms with Crippen LogP contribution in [0.15, 0.2) is 24.3 Å². The second kappa shape index (κ2) is 3.80. The number of rotatable bonds is 2. The molecule has 1 aromatic carbocycles. The summed E-state index contributed by atoms with van der Waals surface area (Å²) in [5.41, 5.74) is 2.28. The molecule has 0 aliphatic rings. The molecule has 0 saturated carbocycles. The van der Waals surface area contributed by atoms with Gasteiger partial charge in [-0.15, -0.1) is 0 Å². The highest BCUT2D eigenvalue weighted by molar-refractivity contribution is 6.28. The third-order valence-corrected chi connectivity index (χ3v) is 2.25. The van der Waals surface area contributed by atoms with Crippen molar-refractivity contribution in [2.75, 3.05) is 0 Å². The van der Waals surface area contributed by atoms with Crippen LogP contribution in [0, 0.1) is 0 Å². The molecule has 1 heterocycles. The summed E-state index contributed by atoms with van der Waals surface area (Å²) in [6.45, 7) is 2.12. The van der Waals surface area contributed by atoms with Gasteiger partial charge >= 0.3 is 0 Å². The third kappa shape index (κ3) is 1.77. The molecular weight excluding hydrogens is 198 g/mol. The summed E-state index contributed by atoms with van der Waals surface area (Å²) >= 11 is 5.64. The van der Waals surface area contributed by atoms with Crippen LogP contribution in [0.25, 0.3) is 11.4 Å². The van der Waals surface area contributed by atoms with Crippen molar-refractivity contribution in [3.63, 3.8) is 0 Å².